The molecule has 0 radical (unpaired) electrons. The predicted molar refractivity (Wildman–Crippen MR) is 49.7 cm³/mol. The van der Waals surface area contributed by atoms with Crippen molar-refractivity contribution in [3.63, 3.8) is 0 Å². The van der Waals surface area contributed by atoms with E-state index < -0.39 is 30.4 Å². The standard InChI is InChI=1S/C9H15NO5/c1-5(11)13-4-8-7(14-6(2)12)3-9(10)15-8/h7-9H,3-4,10H2,1-2H3/t7-,8+,9?/m0/s1. The van der Waals surface area contributed by atoms with E-state index in [-0.39, 0.29) is 6.61 Å². The maximum atomic E-state index is 10.8. The lowest BCUT2D eigenvalue weighted by molar-refractivity contribution is -0.154. The van der Waals surface area contributed by atoms with Gasteiger partial charge in [0.2, 0.25) is 0 Å². The van der Waals surface area contributed by atoms with Crippen LogP contribution in [-0.4, -0.2) is 37.0 Å². The lowest BCUT2D eigenvalue weighted by Crippen LogP contribution is -2.31. The zero-order valence-electron chi connectivity index (χ0n) is 8.76. The first-order chi connectivity index (χ1) is 6.99. The predicted octanol–water partition coefficient (Wildman–Crippen LogP) is -0.445. The fraction of sp³-hybridized carbons (Fsp3) is 0.778. The summed E-state index contributed by atoms with van der Waals surface area (Å²) < 4.78 is 15.0. The Labute approximate surface area is 87.7 Å². The van der Waals surface area contributed by atoms with Gasteiger partial charge in [-0.1, -0.05) is 0 Å². The van der Waals surface area contributed by atoms with Gasteiger partial charge in [0.25, 0.3) is 0 Å². The van der Waals surface area contributed by atoms with Gasteiger partial charge in [-0.15, -0.1) is 0 Å². The molecule has 1 heterocycles. The number of rotatable bonds is 3. The molecule has 3 atom stereocenters. The van der Waals surface area contributed by atoms with Crippen LogP contribution in [0.15, 0.2) is 0 Å². The van der Waals surface area contributed by atoms with Crippen LogP contribution >= 0.6 is 0 Å². The molecule has 2 N–H and O–H groups in total. The summed E-state index contributed by atoms with van der Waals surface area (Å²) in [5, 5.41) is 0. The summed E-state index contributed by atoms with van der Waals surface area (Å²) in [5.74, 6) is -0.800. The molecule has 1 unspecified atom stereocenters. The molecule has 0 aromatic rings. The van der Waals surface area contributed by atoms with Gasteiger partial charge in [0.1, 0.15) is 25.0 Å². The molecule has 0 saturated carbocycles. The Balaban J connectivity index is 2.45. The number of hydrogen-bond donors (Lipinski definition) is 1. The third-order valence-corrected chi connectivity index (χ3v) is 2.00. The van der Waals surface area contributed by atoms with Crippen molar-refractivity contribution in [3.8, 4) is 0 Å². The molecule has 1 aliphatic heterocycles. The average Bonchev–Trinajstić information content (AvgIpc) is 2.41. The first-order valence-electron chi connectivity index (χ1n) is 4.70. The highest BCUT2D eigenvalue weighted by molar-refractivity contribution is 5.66. The molecule has 15 heavy (non-hydrogen) atoms. The monoisotopic (exact) mass is 217 g/mol. The molecule has 0 spiro atoms. The van der Waals surface area contributed by atoms with Gasteiger partial charge in [-0.2, -0.15) is 0 Å². The molecular weight excluding hydrogens is 202 g/mol. The fourth-order valence-electron chi connectivity index (χ4n) is 1.43. The minimum atomic E-state index is -0.477. The summed E-state index contributed by atoms with van der Waals surface area (Å²) in [5.41, 5.74) is 5.54. The Morgan fingerprint density at radius 1 is 1.40 bits per heavy atom. The summed E-state index contributed by atoms with van der Waals surface area (Å²) in [6.45, 7) is 2.67. The van der Waals surface area contributed by atoms with Crippen LogP contribution in [0.2, 0.25) is 0 Å². The van der Waals surface area contributed by atoms with Crippen LogP contribution in [0.3, 0.4) is 0 Å². The molecule has 0 bridgehead atoms. The first kappa shape index (κ1) is 11.9. The highest BCUT2D eigenvalue weighted by Crippen LogP contribution is 2.21. The SMILES string of the molecule is CC(=O)OC[C@H]1OC(N)C[C@@H]1OC(C)=O. The second-order valence-electron chi connectivity index (χ2n) is 3.40. The van der Waals surface area contributed by atoms with Gasteiger partial charge in [0.05, 0.1) is 0 Å². The molecule has 0 amide bonds. The van der Waals surface area contributed by atoms with Crippen molar-refractivity contribution >= 4 is 11.9 Å². The van der Waals surface area contributed by atoms with Crippen LogP contribution in [0.5, 0.6) is 0 Å². The van der Waals surface area contributed by atoms with Gasteiger partial charge >= 0.3 is 11.9 Å². The van der Waals surface area contributed by atoms with Crippen LogP contribution in [-0.2, 0) is 23.8 Å². The van der Waals surface area contributed by atoms with Crippen LogP contribution in [0.4, 0.5) is 0 Å². The van der Waals surface area contributed by atoms with Crippen LogP contribution in [0.1, 0.15) is 20.3 Å². The third-order valence-electron chi connectivity index (χ3n) is 2.00. The van der Waals surface area contributed by atoms with E-state index in [0.29, 0.717) is 6.42 Å². The minimum absolute atomic E-state index is 0.0565. The second kappa shape index (κ2) is 5.09. The maximum Gasteiger partial charge on any atom is 0.302 e. The Hall–Kier alpha value is -1.14. The number of carbonyl (C=O) groups is 2. The van der Waals surface area contributed by atoms with Gasteiger partial charge in [-0.25, -0.2) is 0 Å². The molecule has 0 aliphatic carbocycles. The molecule has 1 aliphatic rings. The molecule has 6 heteroatoms. The largest absolute Gasteiger partial charge is 0.463 e. The van der Waals surface area contributed by atoms with E-state index >= 15 is 0 Å². The maximum absolute atomic E-state index is 10.8. The van der Waals surface area contributed by atoms with Crippen LogP contribution in [0, 0.1) is 0 Å². The number of carbonyl (C=O) groups excluding carboxylic acids is 2. The highest BCUT2D eigenvalue weighted by Gasteiger charge is 2.36. The van der Waals surface area contributed by atoms with E-state index in [4.69, 9.17) is 19.9 Å². The van der Waals surface area contributed by atoms with Gasteiger partial charge in [-0.3, -0.25) is 9.59 Å². The van der Waals surface area contributed by atoms with E-state index in [2.05, 4.69) is 0 Å². The quantitative estimate of drug-likeness (QED) is 0.644. The lowest BCUT2D eigenvalue weighted by Gasteiger charge is -2.17. The van der Waals surface area contributed by atoms with Gasteiger partial charge in [-0.05, 0) is 0 Å². The summed E-state index contributed by atoms with van der Waals surface area (Å²) >= 11 is 0. The average molecular weight is 217 g/mol. The number of hydrogen-bond acceptors (Lipinski definition) is 6. The highest BCUT2D eigenvalue weighted by atomic mass is 16.6. The van der Waals surface area contributed by atoms with E-state index in [9.17, 15) is 9.59 Å². The van der Waals surface area contributed by atoms with Crippen molar-refractivity contribution in [2.24, 2.45) is 5.73 Å². The number of nitrogens with two attached hydrogens (primary N) is 1. The second-order valence-corrected chi connectivity index (χ2v) is 3.40. The van der Waals surface area contributed by atoms with Gasteiger partial charge in [0.15, 0.2) is 0 Å². The van der Waals surface area contributed by atoms with Crippen molar-refractivity contribution in [1.29, 1.82) is 0 Å². The number of ether oxygens (including phenoxy) is 3. The normalized spacial score (nSPS) is 29.9. The smallest absolute Gasteiger partial charge is 0.302 e. The summed E-state index contributed by atoms with van der Waals surface area (Å²) in [7, 11) is 0. The van der Waals surface area contributed by atoms with Crippen LogP contribution in [0.25, 0.3) is 0 Å². The summed E-state index contributed by atoms with van der Waals surface area (Å²) in [6, 6.07) is 0. The first-order valence-corrected chi connectivity index (χ1v) is 4.70. The Morgan fingerprint density at radius 2 is 2.07 bits per heavy atom. The molecule has 1 fully saturated rings. The van der Waals surface area contributed by atoms with Gasteiger partial charge < -0.3 is 19.9 Å². The topological polar surface area (TPSA) is 87.8 Å². The van der Waals surface area contributed by atoms with E-state index in [1.165, 1.54) is 13.8 Å². The summed E-state index contributed by atoms with van der Waals surface area (Å²) in [4.78, 5) is 21.4. The van der Waals surface area contributed by atoms with E-state index in [1.807, 2.05) is 0 Å². The molecule has 1 rings (SSSR count). The fourth-order valence-corrected chi connectivity index (χ4v) is 1.43. The van der Waals surface area contributed by atoms with Crippen molar-refractivity contribution in [2.45, 2.75) is 38.7 Å². The van der Waals surface area contributed by atoms with Crippen molar-refractivity contribution < 1.29 is 23.8 Å². The minimum Gasteiger partial charge on any atom is -0.463 e. The van der Waals surface area contributed by atoms with Crippen LogP contribution < -0.4 is 5.73 Å². The molecule has 0 aromatic heterocycles. The molecule has 6 nitrogen and oxygen atoms in total. The number of esters is 2. The lowest BCUT2D eigenvalue weighted by atomic mass is 10.2. The Bertz CT molecular complexity index is 255. The van der Waals surface area contributed by atoms with Gasteiger partial charge in [0, 0.05) is 20.3 Å². The van der Waals surface area contributed by atoms with Crippen molar-refractivity contribution in [3.05, 3.63) is 0 Å². The van der Waals surface area contributed by atoms with Crippen molar-refractivity contribution in [2.75, 3.05) is 6.61 Å². The third kappa shape index (κ3) is 3.85. The summed E-state index contributed by atoms with van der Waals surface area (Å²) in [6.07, 6.45) is -0.953. The van der Waals surface area contributed by atoms with Crippen molar-refractivity contribution in [1.82, 2.24) is 0 Å². The van der Waals surface area contributed by atoms with E-state index in [1.54, 1.807) is 0 Å². The molecular formula is C9H15NO5. The molecule has 1 saturated heterocycles. The zero-order chi connectivity index (χ0) is 11.4. The van der Waals surface area contributed by atoms with E-state index in [0.717, 1.165) is 0 Å². The molecule has 86 valence electrons. The Kier molecular flexibility index (Phi) is 4.05. The Morgan fingerprint density at radius 3 is 2.60 bits per heavy atom. The zero-order valence-corrected chi connectivity index (χ0v) is 8.76. The molecule has 0 aromatic carbocycles.